The van der Waals surface area contributed by atoms with Gasteiger partial charge in [-0.1, -0.05) is 20.3 Å². The Morgan fingerprint density at radius 1 is 1.53 bits per heavy atom. The van der Waals surface area contributed by atoms with Gasteiger partial charge in [0.15, 0.2) is 0 Å². The van der Waals surface area contributed by atoms with E-state index in [0.717, 1.165) is 12.2 Å². The van der Waals surface area contributed by atoms with E-state index in [-0.39, 0.29) is 11.8 Å². The SMILES string of the molecule is CCC(C)C(NC(N)=O)C(=O)NCCc1ncc[nH]1. The molecule has 0 aromatic carbocycles. The number of carbonyl (C=O) groups is 2. The number of nitrogens with zero attached hydrogens (tertiary/aromatic N) is 1. The van der Waals surface area contributed by atoms with Crippen molar-refractivity contribution in [3.8, 4) is 0 Å². The molecule has 0 fully saturated rings. The molecule has 0 aliphatic carbocycles. The van der Waals surface area contributed by atoms with Crippen molar-refractivity contribution in [2.24, 2.45) is 11.7 Å². The van der Waals surface area contributed by atoms with Crippen LogP contribution in [-0.4, -0.2) is 34.5 Å². The van der Waals surface area contributed by atoms with Crippen LogP contribution in [-0.2, 0) is 11.2 Å². The van der Waals surface area contributed by atoms with Gasteiger partial charge in [-0.05, 0) is 5.92 Å². The van der Waals surface area contributed by atoms with Crippen LogP contribution in [0.1, 0.15) is 26.1 Å². The first-order chi connectivity index (χ1) is 9.04. The highest BCUT2D eigenvalue weighted by atomic mass is 16.2. The number of primary amides is 1. The molecule has 19 heavy (non-hydrogen) atoms. The molecule has 3 amide bonds. The molecule has 0 saturated heterocycles. The van der Waals surface area contributed by atoms with Crippen LogP contribution in [0.25, 0.3) is 0 Å². The summed E-state index contributed by atoms with van der Waals surface area (Å²) >= 11 is 0. The fourth-order valence-corrected chi connectivity index (χ4v) is 1.70. The maximum atomic E-state index is 12.0. The molecular weight excluding hydrogens is 246 g/mol. The summed E-state index contributed by atoms with van der Waals surface area (Å²) in [5.74, 6) is 0.610. The number of H-pyrrole nitrogens is 1. The van der Waals surface area contributed by atoms with Gasteiger partial charge in [0, 0.05) is 25.4 Å². The van der Waals surface area contributed by atoms with E-state index in [0.29, 0.717) is 13.0 Å². The number of imidazole rings is 1. The normalized spacial score (nSPS) is 13.6. The molecule has 0 radical (unpaired) electrons. The summed E-state index contributed by atoms with van der Waals surface area (Å²) < 4.78 is 0. The summed E-state index contributed by atoms with van der Waals surface area (Å²) in [6.07, 6.45) is 4.78. The van der Waals surface area contributed by atoms with Crippen molar-refractivity contribution in [3.05, 3.63) is 18.2 Å². The molecular formula is C12H21N5O2. The van der Waals surface area contributed by atoms with E-state index in [9.17, 15) is 9.59 Å². The van der Waals surface area contributed by atoms with Gasteiger partial charge in [0.1, 0.15) is 11.9 Å². The van der Waals surface area contributed by atoms with Gasteiger partial charge >= 0.3 is 6.03 Å². The van der Waals surface area contributed by atoms with Gasteiger partial charge in [0.25, 0.3) is 0 Å². The van der Waals surface area contributed by atoms with Crippen LogP contribution < -0.4 is 16.4 Å². The quantitative estimate of drug-likeness (QED) is 0.564. The van der Waals surface area contributed by atoms with Gasteiger partial charge in [0.05, 0.1) is 0 Å². The second kappa shape index (κ2) is 7.40. The standard InChI is InChI=1S/C12H21N5O2/c1-3-8(2)10(17-12(13)19)11(18)16-5-4-9-14-6-7-15-9/h6-8,10H,3-5H2,1-2H3,(H,14,15)(H,16,18)(H3,13,17,19). The molecule has 0 aliphatic heterocycles. The lowest BCUT2D eigenvalue weighted by Crippen LogP contribution is -2.52. The van der Waals surface area contributed by atoms with Crippen molar-refractivity contribution in [1.29, 1.82) is 0 Å². The minimum Gasteiger partial charge on any atom is -0.354 e. The van der Waals surface area contributed by atoms with Crippen molar-refractivity contribution in [1.82, 2.24) is 20.6 Å². The third-order valence-electron chi connectivity index (χ3n) is 3.01. The Bertz CT molecular complexity index is 404. The van der Waals surface area contributed by atoms with E-state index < -0.39 is 12.1 Å². The van der Waals surface area contributed by atoms with Crippen molar-refractivity contribution in [3.63, 3.8) is 0 Å². The molecule has 2 unspecified atom stereocenters. The number of urea groups is 1. The van der Waals surface area contributed by atoms with E-state index in [1.54, 1.807) is 12.4 Å². The number of amides is 3. The van der Waals surface area contributed by atoms with Gasteiger partial charge in [-0.2, -0.15) is 0 Å². The molecule has 7 heteroatoms. The lowest BCUT2D eigenvalue weighted by atomic mass is 9.98. The summed E-state index contributed by atoms with van der Waals surface area (Å²) in [4.78, 5) is 29.9. The lowest BCUT2D eigenvalue weighted by molar-refractivity contribution is -0.124. The minimum absolute atomic E-state index is 0.0242. The predicted octanol–water partition coefficient (Wildman–Crippen LogP) is 0.151. The third-order valence-corrected chi connectivity index (χ3v) is 3.01. The molecule has 1 aromatic heterocycles. The Kier molecular flexibility index (Phi) is 5.84. The largest absolute Gasteiger partial charge is 0.354 e. The average molecular weight is 267 g/mol. The number of carbonyl (C=O) groups excluding carboxylic acids is 2. The molecule has 7 nitrogen and oxygen atoms in total. The van der Waals surface area contributed by atoms with Crippen LogP contribution in [0.4, 0.5) is 4.79 Å². The van der Waals surface area contributed by atoms with Crippen LogP contribution in [0.5, 0.6) is 0 Å². The summed E-state index contributed by atoms with van der Waals surface area (Å²) in [7, 11) is 0. The van der Waals surface area contributed by atoms with Crippen LogP contribution in [0, 0.1) is 5.92 Å². The number of nitrogens with one attached hydrogen (secondary N) is 3. The topological polar surface area (TPSA) is 113 Å². The Hall–Kier alpha value is -2.05. The van der Waals surface area contributed by atoms with Crippen LogP contribution in [0.15, 0.2) is 12.4 Å². The monoisotopic (exact) mass is 267 g/mol. The van der Waals surface area contributed by atoms with Crippen LogP contribution >= 0.6 is 0 Å². The smallest absolute Gasteiger partial charge is 0.312 e. The van der Waals surface area contributed by atoms with Gasteiger partial charge in [-0.15, -0.1) is 0 Å². The van der Waals surface area contributed by atoms with Gasteiger partial charge in [0.2, 0.25) is 5.91 Å². The Morgan fingerprint density at radius 3 is 2.79 bits per heavy atom. The fourth-order valence-electron chi connectivity index (χ4n) is 1.70. The van der Waals surface area contributed by atoms with E-state index in [2.05, 4.69) is 20.6 Å². The van der Waals surface area contributed by atoms with E-state index >= 15 is 0 Å². The van der Waals surface area contributed by atoms with Crippen molar-refractivity contribution >= 4 is 11.9 Å². The first kappa shape index (κ1) is 15.0. The second-order valence-corrected chi connectivity index (χ2v) is 4.45. The average Bonchev–Trinajstić information content (AvgIpc) is 2.87. The maximum Gasteiger partial charge on any atom is 0.312 e. The second-order valence-electron chi connectivity index (χ2n) is 4.45. The number of hydrogen-bond acceptors (Lipinski definition) is 3. The first-order valence-corrected chi connectivity index (χ1v) is 6.36. The van der Waals surface area contributed by atoms with E-state index in [1.165, 1.54) is 0 Å². The zero-order valence-electron chi connectivity index (χ0n) is 11.3. The van der Waals surface area contributed by atoms with Crippen molar-refractivity contribution in [2.45, 2.75) is 32.7 Å². The predicted molar refractivity (Wildman–Crippen MR) is 71.3 cm³/mol. The number of nitrogens with two attached hydrogens (primary N) is 1. The molecule has 0 saturated carbocycles. The van der Waals surface area contributed by atoms with Crippen molar-refractivity contribution < 1.29 is 9.59 Å². The van der Waals surface area contributed by atoms with Crippen LogP contribution in [0.2, 0.25) is 0 Å². The third kappa shape index (κ3) is 4.99. The molecule has 0 spiro atoms. The van der Waals surface area contributed by atoms with E-state index in [1.807, 2.05) is 13.8 Å². The number of hydrogen-bond donors (Lipinski definition) is 4. The molecule has 106 valence electrons. The summed E-state index contributed by atoms with van der Waals surface area (Å²) in [5.41, 5.74) is 5.08. The highest BCUT2D eigenvalue weighted by Gasteiger charge is 2.24. The molecule has 0 bridgehead atoms. The molecule has 1 heterocycles. The van der Waals surface area contributed by atoms with Gasteiger partial charge in [-0.25, -0.2) is 9.78 Å². The minimum atomic E-state index is -0.688. The maximum absolute atomic E-state index is 12.0. The molecule has 1 rings (SSSR count). The summed E-state index contributed by atoms with van der Waals surface area (Å²) in [6.45, 7) is 4.31. The fraction of sp³-hybridized carbons (Fsp3) is 0.583. The Labute approximate surface area is 112 Å². The van der Waals surface area contributed by atoms with Crippen LogP contribution in [0.3, 0.4) is 0 Å². The summed E-state index contributed by atoms with van der Waals surface area (Å²) in [5, 5.41) is 5.25. The lowest BCUT2D eigenvalue weighted by Gasteiger charge is -2.22. The number of aromatic amines is 1. The highest BCUT2D eigenvalue weighted by molar-refractivity contribution is 5.86. The Morgan fingerprint density at radius 2 is 2.26 bits per heavy atom. The Balaban J connectivity index is 2.44. The highest BCUT2D eigenvalue weighted by Crippen LogP contribution is 2.07. The summed E-state index contributed by atoms with van der Waals surface area (Å²) in [6, 6.07) is -1.29. The number of aromatic nitrogens is 2. The first-order valence-electron chi connectivity index (χ1n) is 6.36. The number of rotatable bonds is 7. The van der Waals surface area contributed by atoms with Gasteiger partial charge < -0.3 is 21.4 Å². The zero-order chi connectivity index (χ0) is 14.3. The molecule has 0 aliphatic rings. The molecule has 5 N–H and O–H groups in total. The zero-order valence-corrected chi connectivity index (χ0v) is 11.3. The van der Waals surface area contributed by atoms with Crippen molar-refractivity contribution in [2.75, 3.05) is 6.54 Å². The van der Waals surface area contributed by atoms with E-state index in [4.69, 9.17) is 5.73 Å². The molecule has 2 atom stereocenters. The van der Waals surface area contributed by atoms with Gasteiger partial charge in [-0.3, -0.25) is 4.79 Å². The molecule has 1 aromatic rings.